The number of rotatable bonds is 16. The van der Waals surface area contributed by atoms with Crippen LogP contribution in [0.2, 0.25) is 0 Å². The molecule has 1 aliphatic heterocycles. The molecule has 0 saturated carbocycles. The van der Waals surface area contributed by atoms with Crippen LogP contribution in [0.3, 0.4) is 0 Å². The summed E-state index contributed by atoms with van der Waals surface area (Å²) in [6.45, 7) is 2.21. The molecule has 0 aromatic rings. The van der Waals surface area contributed by atoms with E-state index in [2.05, 4.69) is 11.4 Å². The molecule has 1 fully saturated rings. The fourth-order valence-corrected chi connectivity index (χ4v) is 3.96. The molecule has 154 valence electrons. The minimum absolute atomic E-state index is 0.0141. The van der Waals surface area contributed by atoms with E-state index in [1.54, 1.807) is 0 Å². The monoisotopic (exact) mass is 392 g/mol. The Kier molecular flexibility index (Phi) is 13.3. The molecule has 1 saturated heterocycles. The fourth-order valence-electron chi connectivity index (χ4n) is 3.05. The van der Waals surface area contributed by atoms with Crippen molar-refractivity contribution in [2.75, 3.05) is 13.2 Å². The SMILES string of the molecule is CCCCCCCCCCCCCCCC(=O)OCC1COP(=O)(O)O1. The molecule has 7 heteroatoms. The van der Waals surface area contributed by atoms with E-state index in [1.807, 2.05) is 0 Å². The maximum Gasteiger partial charge on any atom is 0.472 e. The second-order valence-electron chi connectivity index (χ2n) is 7.17. The lowest BCUT2D eigenvalue weighted by atomic mass is 10.0. The molecule has 2 unspecified atom stereocenters. The summed E-state index contributed by atoms with van der Waals surface area (Å²) in [7, 11) is -3.90. The predicted octanol–water partition coefficient (Wildman–Crippen LogP) is 5.53. The lowest BCUT2D eigenvalue weighted by Gasteiger charge is -2.08. The average molecular weight is 392 g/mol. The standard InChI is InChI=1S/C19H37O6P/c1-2-3-4-5-6-7-8-9-10-11-12-13-14-15-19(20)23-16-18-17-24-26(21,22)25-18/h18H,2-17H2,1H3,(H,21,22). The van der Waals surface area contributed by atoms with Crippen LogP contribution in [-0.2, 0) is 23.1 Å². The van der Waals surface area contributed by atoms with Crippen LogP contribution in [0.5, 0.6) is 0 Å². The Hall–Kier alpha value is -0.420. The first-order valence-electron chi connectivity index (χ1n) is 10.3. The summed E-state index contributed by atoms with van der Waals surface area (Å²) in [6.07, 6.45) is 16.2. The maximum absolute atomic E-state index is 11.6. The number of carbonyl (C=O) groups is 1. The van der Waals surface area contributed by atoms with Crippen molar-refractivity contribution < 1.29 is 28.0 Å². The predicted molar refractivity (Wildman–Crippen MR) is 102 cm³/mol. The van der Waals surface area contributed by atoms with Gasteiger partial charge in [0.15, 0.2) is 0 Å². The maximum atomic E-state index is 11.6. The summed E-state index contributed by atoms with van der Waals surface area (Å²) in [4.78, 5) is 20.6. The van der Waals surface area contributed by atoms with Gasteiger partial charge in [-0.15, -0.1) is 0 Å². The molecule has 0 aliphatic carbocycles. The second-order valence-corrected chi connectivity index (χ2v) is 8.57. The van der Waals surface area contributed by atoms with Crippen molar-refractivity contribution in [2.45, 2.75) is 103 Å². The quantitative estimate of drug-likeness (QED) is 0.211. The highest BCUT2D eigenvalue weighted by molar-refractivity contribution is 7.47. The minimum atomic E-state index is -3.90. The van der Waals surface area contributed by atoms with E-state index < -0.39 is 13.9 Å². The Morgan fingerprint density at radius 3 is 1.92 bits per heavy atom. The van der Waals surface area contributed by atoms with Gasteiger partial charge in [-0.1, -0.05) is 84.0 Å². The fraction of sp³-hybridized carbons (Fsp3) is 0.947. The zero-order valence-corrected chi connectivity index (χ0v) is 17.2. The molecule has 2 atom stereocenters. The number of ether oxygens (including phenoxy) is 1. The number of esters is 1. The molecule has 0 bridgehead atoms. The Bertz CT molecular complexity index is 415. The Morgan fingerprint density at radius 1 is 0.962 bits per heavy atom. The number of phosphoric acid groups is 1. The summed E-state index contributed by atoms with van der Waals surface area (Å²) in [5.74, 6) is -0.281. The lowest BCUT2D eigenvalue weighted by molar-refractivity contribution is -0.146. The van der Waals surface area contributed by atoms with Crippen LogP contribution in [0, 0.1) is 0 Å². The van der Waals surface area contributed by atoms with Gasteiger partial charge in [-0.2, -0.15) is 0 Å². The molecule has 0 aromatic heterocycles. The summed E-state index contributed by atoms with van der Waals surface area (Å²) in [5, 5.41) is 0. The van der Waals surface area contributed by atoms with Gasteiger partial charge in [-0.3, -0.25) is 13.8 Å². The molecule has 0 spiro atoms. The second kappa shape index (κ2) is 14.6. The van der Waals surface area contributed by atoms with Gasteiger partial charge in [-0.05, 0) is 6.42 Å². The molecular weight excluding hydrogens is 355 g/mol. The van der Waals surface area contributed by atoms with Crippen LogP contribution in [0.25, 0.3) is 0 Å². The molecule has 0 amide bonds. The smallest absolute Gasteiger partial charge is 0.463 e. The number of unbranched alkanes of at least 4 members (excludes halogenated alkanes) is 12. The zero-order valence-electron chi connectivity index (χ0n) is 16.3. The first-order valence-corrected chi connectivity index (χ1v) is 11.8. The van der Waals surface area contributed by atoms with E-state index in [9.17, 15) is 9.36 Å². The highest BCUT2D eigenvalue weighted by atomic mass is 31.2. The largest absolute Gasteiger partial charge is 0.472 e. The van der Waals surface area contributed by atoms with E-state index >= 15 is 0 Å². The van der Waals surface area contributed by atoms with Gasteiger partial charge in [0.1, 0.15) is 12.7 Å². The molecule has 26 heavy (non-hydrogen) atoms. The van der Waals surface area contributed by atoms with E-state index in [-0.39, 0.29) is 19.2 Å². The first kappa shape index (κ1) is 23.6. The third kappa shape index (κ3) is 12.9. The van der Waals surface area contributed by atoms with Gasteiger partial charge >= 0.3 is 13.8 Å². The van der Waals surface area contributed by atoms with Crippen LogP contribution < -0.4 is 0 Å². The Labute approximate surface area is 158 Å². The van der Waals surface area contributed by atoms with Crippen LogP contribution in [-0.4, -0.2) is 30.2 Å². The van der Waals surface area contributed by atoms with Crippen molar-refractivity contribution in [3.05, 3.63) is 0 Å². The lowest BCUT2D eigenvalue weighted by Crippen LogP contribution is -2.20. The third-order valence-corrected chi connectivity index (χ3v) is 5.66. The molecular formula is C19H37O6P. The highest BCUT2D eigenvalue weighted by Crippen LogP contribution is 2.49. The molecule has 1 aliphatic rings. The minimum Gasteiger partial charge on any atom is -0.463 e. The summed E-state index contributed by atoms with van der Waals surface area (Å²) >= 11 is 0. The number of hydrogen-bond donors (Lipinski definition) is 1. The van der Waals surface area contributed by atoms with E-state index in [1.165, 1.54) is 64.2 Å². The first-order chi connectivity index (χ1) is 12.5. The van der Waals surface area contributed by atoms with Gasteiger partial charge in [0.2, 0.25) is 0 Å². The van der Waals surface area contributed by atoms with Crippen LogP contribution in [0.15, 0.2) is 0 Å². The molecule has 1 N–H and O–H groups in total. The van der Waals surface area contributed by atoms with Gasteiger partial charge in [-0.25, -0.2) is 4.57 Å². The Balaban J connectivity index is 1.80. The van der Waals surface area contributed by atoms with Crippen molar-refractivity contribution in [2.24, 2.45) is 0 Å². The van der Waals surface area contributed by atoms with Crippen LogP contribution in [0.1, 0.15) is 96.8 Å². The number of carbonyl (C=O) groups excluding carboxylic acids is 1. The summed E-state index contributed by atoms with van der Waals surface area (Å²) in [5.41, 5.74) is 0. The van der Waals surface area contributed by atoms with Crippen molar-refractivity contribution in [3.63, 3.8) is 0 Å². The molecule has 1 heterocycles. The van der Waals surface area contributed by atoms with E-state index in [0.29, 0.717) is 6.42 Å². The van der Waals surface area contributed by atoms with Crippen LogP contribution >= 0.6 is 7.82 Å². The van der Waals surface area contributed by atoms with E-state index in [0.717, 1.165) is 19.3 Å². The van der Waals surface area contributed by atoms with Gasteiger partial charge < -0.3 is 9.63 Å². The highest BCUT2D eigenvalue weighted by Gasteiger charge is 2.35. The van der Waals surface area contributed by atoms with Crippen molar-refractivity contribution in [3.8, 4) is 0 Å². The van der Waals surface area contributed by atoms with Crippen molar-refractivity contribution in [1.29, 1.82) is 0 Å². The third-order valence-electron chi connectivity index (χ3n) is 4.62. The van der Waals surface area contributed by atoms with E-state index in [4.69, 9.17) is 14.2 Å². The van der Waals surface area contributed by atoms with Crippen LogP contribution in [0.4, 0.5) is 0 Å². The molecule has 0 radical (unpaired) electrons. The zero-order chi connectivity index (χ0) is 19.1. The number of phosphoric ester groups is 1. The Morgan fingerprint density at radius 2 is 1.46 bits per heavy atom. The van der Waals surface area contributed by atoms with Crippen molar-refractivity contribution in [1.82, 2.24) is 0 Å². The summed E-state index contributed by atoms with van der Waals surface area (Å²) < 4.78 is 25.4. The van der Waals surface area contributed by atoms with Crippen molar-refractivity contribution >= 4 is 13.8 Å². The van der Waals surface area contributed by atoms with Gasteiger partial charge in [0, 0.05) is 6.42 Å². The molecule has 6 nitrogen and oxygen atoms in total. The topological polar surface area (TPSA) is 82.1 Å². The van der Waals surface area contributed by atoms with Gasteiger partial charge in [0.05, 0.1) is 6.61 Å². The number of hydrogen-bond acceptors (Lipinski definition) is 5. The average Bonchev–Trinajstić information content (AvgIpc) is 2.96. The van der Waals surface area contributed by atoms with Gasteiger partial charge in [0.25, 0.3) is 0 Å². The molecule has 0 aromatic carbocycles. The normalized spacial score (nSPS) is 22.6. The molecule has 1 rings (SSSR count). The summed E-state index contributed by atoms with van der Waals surface area (Å²) in [6, 6.07) is 0.